The van der Waals surface area contributed by atoms with E-state index in [2.05, 4.69) is 9.82 Å². The molecule has 0 saturated heterocycles. The fourth-order valence-electron chi connectivity index (χ4n) is 3.06. The summed E-state index contributed by atoms with van der Waals surface area (Å²) in [6.07, 6.45) is 1.57. The lowest BCUT2D eigenvalue weighted by atomic mass is 9.92. The highest BCUT2D eigenvalue weighted by molar-refractivity contribution is 7.92. The molecule has 0 fully saturated rings. The second-order valence-electron chi connectivity index (χ2n) is 7.95. The van der Waals surface area contributed by atoms with Crippen LogP contribution in [0.5, 0.6) is 11.5 Å². The van der Waals surface area contributed by atoms with E-state index in [1.807, 2.05) is 51.1 Å². The molecule has 1 heterocycles. The number of rotatable bonds is 7. The molecule has 30 heavy (non-hydrogen) atoms. The van der Waals surface area contributed by atoms with Crippen LogP contribution in [0.25, 0.3) is 0 Å². The molecular weight excluding hydrogens is 402 g/mol. The van der Waals surface area contributed by atoms with Gasteiger partial charge in [-0.25, -0.2) is 8.42 Å². The summed E-state index contributed by atoms with van der Waals surface area (Å²) >= 11 is 0. The van der Waals surface area contributed by atoms with Crippen molar-refractivity contribution in [3.63, 3.8) is 0 Å². The predicted octanol–water partition coefficient (Wildman–Crippen LogP) is 4.05. The van der Waals surface area contributed by atoms with E-state index in [-0.39, 0.29) is 4.90 Å². The Bertz CT molecular complexity index is 1120. The van der Waals surface area contributed by atoms with Crippen molar-refractivity contribution >= 4 is 15.7 Å². The van der Waals surface area contributed by atoms with E-state index in [1.54, 1.807) is 29.1 Å². The molecule has 7 nitrogen and oxygen atoms in total. The first-order valence-corrected chi connectivity index (χ1v) is 11.0. The number of hydrogen-bond acceptors (Lipinski definition) is 5. The quantitative estimate of drug-likeness (QED) is 0.613. The van der Waals surface area contributed by atoms with Gasteiger partial charge in [-0.15, -0.1) is 0 Å². The average molecular weight is 430 g/mol. The van der Waals surface area contributed by atoms with Gasteiger partial charge in [-0.1, -0.05) is 51.1 Å². The zero-order valence-corrected chi connectivity index (χ0v) is 18.7. The van der Waals surface area contributed by atoms with Crippen LogP contribution in [0.4, 0.5) is 5.69 Å². The number of aromatic nitrogens is 2. The van der Waals surface area contributed by atoms with Gasteiger partial charge in [0.15, 0.2) is 0 Å². The van der Waals surface area contributed by atoms with Gasteiger partial charge in [0.1, 0.15) is 16.4 Å². The lowest BCUT2D eigenvalue weighted by Gasteiger charge is -2.18. The monoisotopic (exact) mass is 429 g/mol. The van der Waals surface area contributed by atoms with Gasteiger partial charge in [-0.05, 0) is 17.7 Å². The summed E-state index contributed by atoms with van der Waals surface area (Å²) in [6, 6.07) is 14.7. The van der Waals surface area contributed by atoms with E-state index in [9.17, 15) is 8.42 Å². The summed E-state index contributed by atoms with van der Waals surface area (Å²) in [5.41, 5.74) is 1.36. The number of nitrogens with one attached hydrogen (secondary N) is 1. The normalized spacial score (nSPS) is 11.9. The number of benzene rings is 2. The minimum absolute atomic E-state index is 0.135. The van der Waals surface area contributed by atoms with Crippen LogP contribution in [0.15, 0.2) is 59.6 Å². The highest BCUT2D eigenvalue weighted by Gasteiger charge is 2.30. The Morgan fingerprint density at radius 2 is 1.73 bits per heavy atom. The molecule has 0 aliphatic heterocycles. The molecule has 0 amide bonds. The number of methoxy groups -OCH3 is 2. The highest BCUT2D eigenvalue weighted by Crippen LogP contribution is 2.33. The Labute approximate surface area is 177 Å². The van der Waals surface area contributed by atoms with Gasteiger partial charge in [-0.3, -0.25) is 9.40 Å². The van der Waals surface area contributed by atoms with Crippen molar-refractivity contribution in [2.75, 3.05) is 18.9 Å². The third-order valence-corrected chi connectivity index (χ3v) is 5.93. The van der Waals surface area contributed by atoms with Gasteiger partial charge < -0.3 is 9.47 Å². The molecule has 3 aromatic rings. The number of nitrogens with zero attached hydrogens (tertiary/aromatic N) is 2. The maximum absolute atomic E-state index is 13.3. The number of sulfonamides is 1. The van der Waals surface area contributed by atoms with Crippen LogP contribution in [0.1, 0.15) is 32.0 Å². The first-order valence-electron chi connectivity index (χ1n) is 9.51. The summed E-state index contributed by atoms with van der Waals surface area (Å²) in [7, 11) is -0.922. The fraction of sp³-hybridized carbons (Fsp3) is 0.318. The molecule has 1 N–H and O–H groups in total. The predicted molar refractivity (Wildman–Crippen MR) is 117 cm³/mol. The summed E-state index contributed by atoms with van der Waals surface area (Å²) in [4.78, 5) is 0.135. The summed E-state index contributed by atoms with van der Waals surface area (Å²) in [5.74, 6) is 0.915. The van der Waals surface area contributed by atoms with Gasteiger partial charge in [0.2, 0.25) is 0 Å². The van der Waals surface area contributed by atoms with Gasteiger partial charge >= 0.3 is 0 Å². The summed E-state index contributed by atoms with van der Waals surface area (Å²) in [5, 5.41) is 4.60. The molecule has 3 rings (SSSR count). The van der Waals surface area contributed by atoms with Crippen LogP contribution in [0, 0.1) is 0 Å². The van der Waals surface area contributed by atoms with Crippen LogP contribution in [0.2, 0.25) is 0 Å². The lowest BCUT2D eigenvalue weighted by molar-refractivity contribution is 0.405. The first kappa shape index (κ1) is 21.7. The van der Waals surface area contributed by atoms with Gasteiger partial charge in [0.05, 0.1) is 32.1 Å². The van der Waals surface area contributed by atoms with Crippen LogP contribution in [-0.2, 0) is 22.0 Å². The van der Waals surface area contributed by atoms with Crippen LogP contribution >= 0.6 is 0 Å². The van der Waals surface area contributed by atoms with Crippen molar-refractivity contribution in [1.29, 1.82) is 0 Å². The number of hydrogen-bond donors (Lipinski definition) is 1. The molecule has 2 aromatic carbocycles. The van der Waals surface area contributed by atoms with Crippen molar-refractivity contribution in [2.45, 2.75) is 37.6 Å². The highest BCUT2D eigenvalue weighted by atomic mass is 32.2. The maximum atomic E-state index is 13.3. The molecular formula is C22H27N3O4S. The largest absolute Gasteiger partial charge is 0.497 e. The second-order valence-corrected chi connectivity index (χ2v) is 9.60. The number of anilines is 1. The zero-order valence-electron chi connectivity index (χ0n) is 17.8. The summed E-state index contributed by atoms with van der Waals surface area (Å²) < 4.78 is 41.5. The number of ether oxygens (including phenoxy) is 2. The minimum atomic E-state index is -3.93. The van der Waals surface area contributed by atoms with Crippen molar-refractivity contribution < 1.29 is 17.9 Å². The van der Waals surface area contributed by atoms with Gasteiger partial charge in [-0.2, -0.15) is 5.10 Å². The molecule has 0 spiro atoms. The molecule has 0 saturated carbocycles. The van der Waals surface area contributed by atoms with Crippen LogP contribution in [0.3, 0.4) is 0 Å². The third-order valence-electron chi connectivity index (χ3n) is 4.57. The van der Waals surface area contributed by atoms with Crippen LogP contribution in [-0.4, -0.2) is 32.4 Å². The Hall–Kier alpha value is -3.00. The Morgan fingerprint density at radius 1 is 1.03 bits per heavy atom. The average Bonchev–Trinajstić information content (AvgIpc) is 3.14. The van der Waals surface area contributed by atoms with E-state index in [1.165, 1.54) is 14.2 Å². The molecule has 0 radical (unpaired) electrons. The standard InChI is InChI=1S/C22H27N3O4S/c1-22(2,3)21-20(15-25(23-21)14-16-9-7-6-8-10-16)30(26,27)24-18-13-17(28-4)11-12-19(18)29-5/h6-13,15,24H,14H2,1-5H3. The van der Waals surface area contributed by atoms with E-state index in [0.29, 0.717) is 29.4 Å². The summed E-state index contributed by atoms with van der Waals surface area (Å²) in [6.45, 7) is 6.29. The van der Waals surface area contributed by atoms with E-state index in [0.717, 1.165) is 5.56 Å². The Balaban J connectivity index is 2.02. The fourth-order valence-corrected chi connectivity index (χ4v) is 4.49. The Morgan fingerprint density at radius 3 is 2.33 bits per heavy atom. The topological polar surface area (TPSA) is 82.5 Å². The van der Waals surface area contributed by atoms with Gasteiger partial charge in [0.25, 0.3) is 10.0 Å². The molecule has 0 atom stereocenters. The lowest BCUT2D eigenvalue weighted by Crippen LogP contribution is -2.20. The van der Waals surface area contributed by atoms with Crippen molar-refractivity contribution in [2.24, 2.45) is 0 Å². The Kier molecular flexibility index (Phi) is 6.07. The molecule has 0 aliphatic rings. The SMILES string of the molecule is COc1ccc(OC)c(NS(=O)(=O)c2cn(Cc3ccccc3)nc2C(C)(C)C)c1. The molecule has 0 unspecified atom stereocenters. The molecule has 0 aliphatic carbocycles. The van der Waals surface area contributed by atoms with E-state index < -0.39 is 15.4 Å². The van der Waals surface area contributed by atoms with Crippen LogP contribution < -0.4 is 14.2 Å². The van der Waals surface area contributed by atoms with E-state index in [4.69, 9.17) is 9.47 Å². The van der Waals surface area contributed by atoms with Crippen molar-refractivity contribution in [3.05, 3.63) is 66.0 Å². The first-order chi connectivity index (χ1) is 14.1. The van der Waals surface area contributed by atoms with Crippen molar-refractivity contribution in [1.82, 2.24) is 9.78 Å². The third kappa shape index (κ3) is 4.76. The molecule has 8 heteroatoms. The smallest absolute Gasteiger partial charge is 0.265 e. The van der Waals surface area contributed by atoms with E-state index >= 15 is 0 Å². The second kappa shape index (κ2) is 8.39. The molecule has 1 aromatic heterocycles. The maximum Gasteiger partial charge on any atom is 0.265 e. The molecule has 160 valence electrons. The van der Waals surface area contributed by atoms with Crippen molar-refractivity contribution in [3.8, 4) is 11.5 Å². The zero-order chi connectivity index (χ0) is 21.9. The van der Waals surface area contributed by atoms with Gasteiger partial charge in [0, 0.05) is 17.7 Å². The minimum Gasteiger partial charge on any atom is -0.497 e. The molecule has 0 bridgehead atoms.